The smallest absolute Gasteiger partial charge is 0.306 e. The molecule has 0 N–H and O–H groups in total. The highest BCUT2D eigenvalue weighted by Crippen LogP contribution is 2.15. The lowest BCUT2D eigenvalue weighted by molar-refractivity contribution is -0.167. The minimum atomic E-state index is -0.783. The molecule has 0 saturated carbocycles. The largest absolute Gasteiger partial charge is 0.462 e. The van der Waals surface area contributed by atoms with Crippen molar-refractivity contribution in [2.45, 2.75) is 297 Å². The number of hydrogen-bond donors (Lipinski definition) is 0. The first-order valence-corrected chi connectivity index (χ1v) is 28.8. The van der Waals surface area contributed by atoms with Crippen molar-refractivity contribution in [3.05, 3.63) is 60.8 Å². The maximum atomic E-state index is 12.8. The van der Waals surface area contributed by atoms with Crippen LogP contribution >= 0.6 is 0 Å². The summed E-state index contributed by atoms with van der Waals surface area (Å²) in [5.41, 5.74) is 0. The molecule has 1 atom stereocenters. The van der Waals surface area contributed by atoms with Gasteiger partial charge >= 0.3 is 17.9 Å². The predicted molar refractivity (Wildman–Crippen MR) is 288 cm³/mol. The highest BCUT2D eigenvalue weighted by atomic mass is 16.6. The third-order valence-electron chi connectivity index (χ3n) is 12.5. The lowest BCUT2D eigenvalue weighted by Crippen LogP contribution is -2.30. The molecule has 6 nitrogen and oxygen atoms in total. The van der Waals surface area contributed by atoms with E-state index < -0.39 is 6.10 Å². The van der Waals surface area contributed by atoms with Gasteiger partial charge in [-0.1, -0.05) is 229 Å². The van der Waals surface area contributed by atoms with Gasteiger partial charge in [-0.3, -0.25) is 14.4 Å². The molecule has 0 amide bonds. The molecule has 0 rings (SSSR count). The summed E-state index contributed by atoms with van der Waals surface area (Å²) >= 11 is 0. The Hall–Kier alpha value is -2.89. The van der Waals surface area contributed by atoms with Crippen LogP contribution in [0.4, 0.5) is 0 Å². The van der Waals surface area contributed by atoms with E-state index in [1.54, 1.807) is 0 Å². The van der Waals surface area contributed by atoms with Crippen LogP contribution in [-0.2, 0) is 28.6 Å². The number of carbonyl (C=O) groups excluding carboxylic acids is 3. The van der Waals surface area contributed by atoms with Crippen molar-refractivity contribution in [2.75, 3.05) is 13.2 Å². The van der Waals surface area contributed by atoms with Crippen molar-refractivity contribution < 1.29 is 28.6 Å². The van der Waals surface area contributed by atoms with Crippen molar-refractivity contribution in [2.24, 2.45) is 0 Å². The molecule has 1 unspecified atom stereocenters. The lowest BCUT2D eigenvalue weighted by Gasteiger charge is -2.18. The van der Waals surface area contributed by atoms with Gasteiger partial charge in [0, 0.05) is 19.3 Å². The fourth-order valence-corrected chi connectivity index (χ4v) is 8.07. The van der Waals surface area contributed by atoms with E-state index >= 15 is 0 Å². The Labute approximate surface area is 415 Å². The Kier molecular flexibility index (Phi) is 53.3. The first-order chi connectivity index (χ1) is 33.0. The summed E-state index contributed by atoms with van der Waals surface area (Å²) in [6, 6.07) is 0. The standard InChI is InChI=1S/C61H108O6/c1-4-7-10-13-16-19-22-24-26-28-29-30-31-33-34-36-39-42-45-48-51-54-60(63)66-57-58(56-65-59(62)53-50-47-44-41-38-21-18-15-12-9-6-3)67-61(64)55-52-49-46-43-40-37-35-32-27-25-23-20-17-14-11-8-5-2/h15,17-18,20,22,24-25,27-29,58H,4-14,16,19,21,23,26,30-57H2,1-3H3/b18-15-,20-17-,24-22-,27-25-,29-28-. The molecule has 0 saturated heterocycles. The maximum Gasteiger partial charge on any atom is 0.306 e. The van der Waals surface area contributed by atoms with E-state index in [2.05, 4.69) is 81.5 Å². The fraction of sp³-hybridized carbons (Fsp3) is 0.787. The number of rotatable bonds is 52. The monoisotopic (exact) mass is 937 g/mol. The fourth-order valence-electron chi connectivity index (χ4n) is 8.07. The van der Waals surface area contributed by atoms with Crippen LogP contribution in [0, 0.1) is 0 Å². The minimum Gasteiger partial charge on any atom is -0.462 e. The third kappa shape index (κ3) is 53.9. The average Bonchev–Trinajstić information content (AvgIpc) is 3.33. The second-order valence-corrected chi connectivity index (χ2v) is 19.2. The Morgan fingerprint density at radius 3 is 0.910 bits per heavy atom. The van der Waals surface area contributed by atoms with Gasteiger partial charge in [0.2, 0.25) is 0 Å². The van der Waals surface area contributed by atoms with Crippen molar-refractivity contribution in [3.63, 3.8) is 0 Å². The number of carbonyl (C=O) groups is 3. The molecule has 388 valence electrons. The molecule has 0 spiro atoms. The van der Waals surface area contributed by atoms with E-state index in [1.165, 1.54) is 167 Å². The van der Waals surface area contributed by atoms with Crippen LogP contribution in [0.25, 0.3) is 0 Å². The molecule has 0 radical (unpaired) electrons. The Morgan fingerprint density at radius 2 is 0.552 bits per heavy atom. The van der Waals surface area contributed by atoms with Gasteiger partial charge in [0.25, 0.3) is 0 Å². The van der Waals surface area contributed by atoms with Crippen molar-refractivity contribution >= 4 is 17.9 Å². The molecule has 6 heteroatoms. The highest BCUT2D eigenvalue weighted by molar-refractivity contribution is 5.71. The molecule has 0 aliphatic carbocycles. The van der Waals surface area contributed by atoms with E-state index in [4.69, 9.17) is 14.2 Å². The molecule has 0 fully saturated rings. The molecule has 0 aliphatic rings. The first-order valence-electron chi connectivity index (χ1n) is 28.8. The van der Waals surface area contributed by atoms with E-state index in [1.807, 2.05) is 0 Å². The first kappa shape index (κ1) is 64.1. The van der Waals surface area contributed by atoms with Crippen LogP contribution in [0.5, 0.6) is 0 Å². The summed E-state index contributed by atoms with van der Waals surface area (Å²) in [6.07, 6.45) is 69.2. The van der Waals surface area contributed by atoms with Gasteiger partial charge in [-0.15, -0.1) is 0 Å². The molecule has 0 bridgehead atoms. The maximum absolute atomic E-state index is 12.8. The van der Waals surface area contributed by atoms with Gasteiger partial charge < -0.3 is 14.2 Å². The zero-order chi connectivity index (χ0) is 48.6. The van der Waals surface area contributed by atoms with E-state index in [-0.39, 0.29) is 31.1 Å². The highest BCUT2D eigenvalue weighted by Gasteiger charge is 2.19. The summed E-state index contributed by atoms with van der Waals surface area (Å²) in [4.78, 5) is 38.1. The van der Waals surface area contributed by atoms with Crippen molar-refractivity contribution in [3.8, 4) is 0 Å². The van der Waals surface area contributed by atoms with Gasteiger partial charge in [-0.25, -0.2) is 0 Å². The second-order valence-electron chi connectivity index (χ2n) is 19.2. The van der Waals surface area contributed by atoms with Crippen LogP contribution in [0.15, 0.2) is 60.8 Å². The number of unbranched alkanes of at least 4 members (excludes halogenated alkanes) is 31. The van der Waals surface area contributed by atoms with Gasteiger partial charge in [-0.05, 0) is 103 Å². The zero-order valence-electron chi connectivity index (χ0n) is 44.4. The second kappa shape index (κ2) is 55.7. The molecule has 0 aliphatic heterocycles. The van der Waals surface area contributed by atoms with Crippen LogP contribution in [0.3, 0.4) is 0 Å². The zero-order valence-corrected chi connectivity index (χ0v) is 44.4. The Balaban J connectivity index is 4.33. The predicted octanol–water partition coefficient (Wildman–Crippen LogP) is 19.2. The Morgan fingerprint density at radius 1 is 0.299 bits per heavy atom. The van der Waals surface area contributed by atoms with Gasteiger partial charge in [0.05, 0.1) is 0 Å². The number of ether oxygens (including phenoxy) is 3. The Bertz CT molecular complexity index is 1210. The van der Waals surface area contributed by atoms with Gasteiger partial charge in [0.1, 0.15) is 13.2 Å². The van der Waals surface area contributed by atoms with E-state index in [0.29, 0.717) is 19.3 Å². The summed E-state index contributed by atoms with van der Waals surface area (Å²) in [6.45, 7) is 6.57. The van der Waals surface area contributed by atoms with E-state index in [0.717, 1.165) is 83.5 Å². The van der Waals surface area contributed by atoms with Gasteiger partial charge in [-0.2, -0.15) is 0 Å². The average molecular weight is 938 g/mol. The van der Waals surface area contributed by atoms with Crippen molar-refractivity contribution in [1.29, 1.82) is 0 Å². The number of hydrogen-bond acceptors (Lipinski definition) is 6. The van der Waals surface area contributed by atoms with Crippen LogP contribution in [0.2, 0.25) is 0 Å². The summed E-state index contributed by atoms with van der Waals surface area (Å²) in [5, 5.41) is 0. The molecule has 0 aromatic heterocycles. The SMILES string of the molecule is CCCC/C=C\CCCCCCCC(=O)OCC(COC(=O)CCCCCCCCCCC/C=C\C/C=C\CCCCCCC)OC(=O)CCCCCCCCC/C=C\C/C=C\CCCCC. The molecular formula is C61H108O6. The number of allylic oxidation sites excluding steroid dienone is 10. The third-order valence-corrected chi connectivity index (χ3v) is 12.5. The number of esters is 3. The van der Waals surface area contributed by atoms with Gasteiger partial charge in [0.15, 0.2) is 6.10 Å². The molecule has 0 aromatic rings. The molecule has 0 aromatic carbocycles. The topological polar surface area (TPSA) is 78.9 Å². The molecule has 67 heavy (non-hydrogen) atoms. The summed E-state index contributed by atoms with van der Waals surface area (Å²) in [5.74, 6) is -0.894. The van der Waals surface area contributed by atoms with Crippen LogP contribution in [0.1, 0.15) is 290 Å². The summed E-state index contributed by atoms with van der Waals surface area (Å²) in [7, 11) is 0. The minimum absolute atomic E-state index is 0.0816. The summed E-state index contributed by atoms with van der Waals surface area (Å²) < 4.78 is 16.8. The lowest BCUT2D eigenvalue weighted by atomic mass is 10.1. The van der Waals surface area contributed by atoms with E-state index in [9.17, 15) is 14.4 Å². The quantitative estimate of drug-likeness (QED) is 0.0262. The normalized spacial score (nSPS) is 12.5. The van der Waals surface area contributed by atoms with Crippen LogP contribution < -0.4 is 0 Å². The molecular weight excluding hydrogens is 829 g/mol. The van der Waals surface area contributed by atoms with Crippen LogP contribution in [-0.4, -0.2) is 37.2 Å². The molecule has 0 heterocycles. The van der Waals surface area contributed by atoms with Crippen molar-refractivity contribution in [1.82, 2.24) is 0 Å².